The molecule has 15 heteroatoms. The molecule has 0 saturated carbocycles. The molecule has 3 heterocycles. The lowest BCUT2D eigenvalue weighted by atomic mass is 10.2. The van der Waals surface area contributed by atoms with Crippen LogP contribution in [0.5, 0.6) is 0 Å². The SMILES string of the molecule is CNC(O)CN(c1c(N)nc(-c2nn(Cc3ccccc3F)c3ncccc23)nc1N)S(=O)(=O)N(C)C. The van der Waals surface area contributed by atoms with E-state index < -0.39 is 23.0 Å². The molecule has 0 aliphatic rings. The Balaban J connectivity index is 1.83. The Bertz CT molecular complexity index is 1520. The number of halogens is 1. The largest absolute Gasteiger partial charge is 0.382 e. The number of likely N-dealkylation sites (N-methyl/N-ethyl adjacent to an activating group) is 1. The van der Waals surface area contributed by atoms with Crippen LogP contribution in [0.1, 0.15) is 5.56 Å². The van der Waals surface area contributed by atoms with Crippen molar-refractivity contribution in [2.75, 3.05) is 43.5 Å². The molecular formula is C22H27FN10O3S. The van der Waals surface area contributed by atoms with Gasteiger partial charge in [0, 0.05) is 25.9 Å². The summed E-state index contributed by atoms with van der Waals surface area (Å²) in [5.41, 5.74) is 13.4. The van der Waals surface area contributed by atoms with Crippen LogP contribution in [0.2, 0.25) is 0 Å². The number of nitrogen functional groups attached to an aromatic ring is 2. The highest BCUT2D eigenvalue weighted by atomic mass is 32.2. The smallest absolute Gasteiger partial charge is 0.303 e. The van der Waals surface area contributed by atoms with E-state index in [9.17, 15) is 17.9 Å². The second-order valence-electron chi connectivity index (χ2n) is 8.26. The summed E-state index contributed by atoms with van der Waals surface area (Å²) >= 11 is 0. The van der Waals surface area contributed by atoms with Gasteiger partial charge in [-0.25, -0.2) is 28.3 Å². The van der Waals surface area contributed by atoms with Crippen LogP contribution < -0.4 is 21.1 Å². The summed E-state index contributed by atoms with van der Waals surface area (Å²) in [4.78, 5) is 13.0. The van der Waals surface area contributed by atoms with Crippen molar-refractivity contribution in [3.05, 3.63) is 54.0 Å². The summed E-state index contributed by atoms with van der Waals surface area (Å²) in [5, 5.41) is 17.8. The highest BCUT2D eigenvalue weighted by Gasteiger charge is 2.32. The monoisotopic (exact) mass is 530 g/mol. The number of pyridine rings is 1. The summed E-state index contributed by atoms with van der Waals surface area (Å²) in [6.45, 7) is -0.307. The van der Waals surface area contributed by atoms with Gasteiger partial charge in [0.15, 0.2) is 23.1 Å². The van der Waals surface area contributed by atoms with Crippen LogP contribution in [-0.4, -0.2) is 76.5 Å². The van der Waals surface area contributed by atoms with Gasteiger partial charge in [0.25, 0.3) is 0 Å². The zero-order valence-corrected chi connectivity index (χ0v) is 21.2. The molecule has 1 atom stereocenters. The molecule has 0 aliphatic carbocycles. The molecule has 196 valence electrons. The van der Waals surface area contributed by atoms with E-state index in [1.807, 2.05) is 0 Å². The van der Waals surface area contributed by atoms with E-state index in [-0.39, 0.29) is 41.2 Å². The predicted molar refractivity (Wildman–Crippen MR) is 138 cm³/mol. The van der Waals surface area contributed by atoms with E-state index >= 15 is 0 Å². The van der Waals surface area contributed by atoms with E-state index in [4.69, 9.17) is 11.5 Å². The zero-order valence-electron chi connectivity index (χ0n) is 20.4. The van der Waals surface area contributed by atoms with E-state index in [1.165, 1.54) is 31.9 Å². The van der Waals surface area contributed by atoms with Gasteiger partial charge < -0.3 is 16.6 Å². The Hall–Kier alpha value is -3.92. The van der Waals surface area contributed by atoms with E-state index in [2.05, 4.69) is 25.4 Å². The van der Waals surface area contributed by atoms with Gasteiger partial charge in [-0.1, -0.05) is 18.2 Å². The molecule has 0 aliphatic heterocycles. The van der Waals surface area contributed by atoms with Crippen molar-refractivity contribution in [2.45, 2.75) is 12.8 Å². The number of nitrogens with zero attached hydrogens (tertiary/aromatic N) is 7. The molecular weight excluding hydrogens is 503 g/mol. The fraction of sp³-hybridized carbons (Fsp3) is 0.273. The number of aromatic nitrogens is 5. The molecule has 0 saturated heterocycles. The molecule has 4 rings (SSSR count). The average molecular weight is 531 g/mol. The van der Waals surface area contributed by atoms with Gasteiger partial charge in [-0.2, -0.15) is 17.8 Å². The first-order chi connectivity index (χ1) is 17.5. The van der Waals surface area contributed by atoms with Crippen molar-refractivity contribution in [1.82, 2.24) is 34.4 Å². The Morgan fingerprint density at radius 3 is 2.43 bits per heavy atom. The number of nitrogens with one attached hydrogen (secondary N) is 1. The van der Waals surface area contributed by atoms with Gasteiger partial charge in [0.1, 0.15) is 23.4 Å². The van der Waals surface area contributed by atoms with Crippen LogP contribution in [0.15, 0.2) is 42.6 Å². The van der Waals surface area contributed by atoms with Crippen molar-refractivity contribution < 1.29 is 17.9 Å². The normalized spacial score (nSPS) is 12.8. The number of hydrogen-bond acceptors (Lipinski definition) is 10. The van der Waals surface area contributed by atoms with Crippen molar-refractivity contribution in [3.63, 3.8) is 0 Å². The lowest BCUT2D eigenvalue weighted by Crippen LogP contribution is -2.47. The number of aliphatic hydroxyl groups is 1. The molecule has 1 unspecified atom stereocenters. The van der Waals surface area contributed by atoms with E-state index in [0.29, 0.717) is 16.6 Å². The van der Waals surface area contributed by atoms with Crippen LogP contribution in [0.4, 0.5) is 21.7 Å². The van der Waals surface area contributed by atoms with Gasteiger partial charge >= 0.3 is 10.2 Å². The molecule has 1 aromatic carbocycles. The fourth-order valence-electron chi connectivity index (χ4n) is 3.67. The van der Waals surface area contributed by atoms with E-state index in [0.717, 1.165) is 8.61 Å². The highest BCUT2D eigenvalue weighted by molar-refractivity contribution is 7.90. The van der Waals surface area contributed by atoms with Crippen molar-refractivity contribution >= 4 is 38.6 Å². The van der Waals surface area contributed by atoms with Gasteiger partial charge in [-0.3, -0.25) is 5.32 Å². The summed E-state index contributed by atoms with van der Waals surface area (Å²) in [5.74, 6) is -0.835. The van der Waals surface area contributed by atoms with Gasteiger partial charge in [0.05, 0.1) is 18.5 Å². The number of aliphatic hydroxyl groups excluding tert-OH is 1. The Kier molecular flexibility index (Phi) is 7.22. The maximum absolute atomic E-state index is 14.3. The van der Waals surface area contributed by atoms with Crippen molar-refractivity contribution in [1.29, 1.82) is 0 Å². The van der Waals surface area contributed by atoms with Crippen LogP contribution in [0.25, 0.3) is 22.6 Å². The molecule has 4 aromatic rings. The highest BCUT2D eigenvalue weighted by Crippen LogP contribution is 2.34. The summed E-state index contributed by atoms with van der Waals surface area (Å²) in [7, 11) is -0.000211. The van der Waals surface area contributed by atoms with Crippen LogP contribution in [0, 0.1) is 5.82 Å². The van der Waals surface area contributed by atoms with Crippen LogP contribution in [-0.2, 0) is 16.8 Å². The molecule has 13 nitrogen and oxygen atoms in total. The molecule has 0 radical (unpaired) electrons. The number of anilines is 3. The standard InChI is InChI=1S/C22H27FN10O3S/c1-26-16(34)12-33(37(35,36)31(2)3)18-19(24)28-21(29-20(18)25)17-14-8-6-10-27-22(14)32(30-17)11-13-7-4-5-9-15(13)23/h4-10,16,26,34H,11-12H2,1-3H3,(H4,24,25,28,29). The Labute approximate surface area is 212 Å². The Morgan fingerprint density at radius 2 is 1.81 bits per heavy atom. The van der Waals surface area contributed by atoms with Crippen molar-refractivity contribution in [3.8, 4) is 11.5 Å². The minimum atomic E-state index is -4.13. The number of nitrogens with two attached hydrogens (primary N) is 2. The number of fused-ring (bicyclic) bond motifs is 1. The first kappa shape index (κ1) is 26.2. The maximum atomic E-state index is 14.3. The first-order valence-corrected chi connectivity index (χ1v) is 12.5. The summed E-state index contributed by atoms with van der Waals surface area (Å²) in [6, 6.07) is 9.77. The molecule has 3 aromatic heterocycles. The van der Waals surface area contributed by atoms with Gasteiger partial charge in [0.2, 0.25) is 0 Å². The first-order valence-electron chi connectivity index (χ1n) is 11.1. The van der Waals surface area contributed by atoms with Crippen molar-refractivity contribution in [2.24, 2.45) is 0 Å². The van der Waals surface area contributed by atoms with E-state index in [1.54, 1.807) is 36.5 Å². The second-order valence-corrected chi connectivity index (χ2v) is 10.3. The number of hydrogen-bond donors (Lipinski definition) is 4. The lowest BCUT2D eigenvalue weighted by Gasteiger charge is -2.30. The summed E-state index contributed by atoms with van der Waals surface area (Å²) in [6.07, 6.45) is 0.354. The maximum Gasteiger partial charge on any atom is 0.303 e. The predicted octanol–water partition coefficient (Wildman–Crippen LogP) is 0.391. The van der Waals surface area contributed by atoms with Crippen LogP contribution >= 0.6 is 0 Å². The molecule has 0 bridgehead atoms. The van der Waals surface area contributed by atoms with Gasteiger partial charge in [-0.05, 0) is 25.2 Å². The minimum absolute atomic E-state index is 0.0281. The topological polar surface area (TPSA) is 181 Å². The molecule has 0 spiro atoms. The molecule has 6 N–H and O–H groups in total. The molecule has 0 amide bonds. The minimum Gasteiger partial charge on any atom is -0.382 e. The molecule has 0 fully saturated rings. The van der Waals surface area contributed by atoms with Gasteiger partial charge in [-0.15, -0.1) is 0 Å². The Morgan fingerprint density at radius 1 is 1.14 bits per heavy atom. The molecule has 37 heavy (non-hydrogen) atoms. The quantitative estimate of drug-likeness (QED) is 0.221. The average Bonchev–Trinajstić information content (AvgIpc) is 3.22. The third-order valence-electron chi connectivity index (χ3n) is 5.60. The van der Waals surface area contributed by atoms with Crippen LogP contribution in [0.3, 0.4) is 0 Å². The second kappa shape index (κ2) is 10.2. The zero-order chi connectivity index (χ0) is 26.9. The number of rotatable bonds is 9. The summed E-state index contributed by atoms with van der Waals surface area (Å²) < 4.78 is 43.6. The third-order valence-corrected chi connectivity index (χ3v) is 7.41. The third kappa shape index (κ3) is 5.01. The number of benzene rings is 1. The lowest BCUT2D eigenvalue weighted by molar-refractivity contribution is 0.156. The fourth-order valence-corrected chi connectivity index (χ4v) is 4.81.